The number of aromatic nitrogens is 2. The van der Waals surface area contributed by atoms with E-state index in [4.69, 9.17) is 9.26 Å². The van der Waals surface area contributed by atoms with Crippen LogP contribution in [-0.2, 0) is 4.79 Å². The monoisotopic (exact) mass is 385 g/mol. The number of amides is 1. The number of ether oxygens (including phenoxy) is 1. The van der Waals surface area contributed by atoms with Crippen LogP contribution in [0.25, 0.3) is 5.69 Å². The first-order chi connectivity index (χ1) is 13.2. The largest absolute Gasteiger partial charge is 0.538 e. The fourth-order valence-corrected chi connectivity index (χ4v) is 3.30. The van der Waals surface area contributed by atoms with Gasteiger partial charge < -0.3 is 19.7 Å². The summed E-state index contributed by atoms with van der Waals surface area (Å²) in [6.45, 7) is 2.40. The van der Waals surface area contributed by atoms with E-state index in [1.54, 1.807) is 12.1 Å². The number of hydrogen-bond acceptors (Lipinski definition) is 6. The third kappa shape index (κ3) is 4.79. The Labute approximate surface area is 160 Å². The Morgan fingerprint density at radius 3 is 2.74 bits per heavy atom. The molecule has 0 fully saturated rings. The highest BCUT2D eigenvalue weighted by Gasteiger charge is 2.21. The summed E-state index contributed by atoms with van der Waals surface area (Å²) in [5.41, 5.74) is 1.35. The van der Waals surface area contributed by atoms with E-state index in [1.165, 1.54) is 16.4 Å². The molecule has 0 bridgehead atoms. The van der Waals surface area contributed by atoms with Gasteiger partial charge in [0.25, 0.3) is 5.03 Å². The summed E-state index contributed by atoms with van der Waals surface area (Å²) in [5.74, 6) is 0.353. The van der Waals surface area contributed by atoms with Crippen LogP contribution < -0.4 is 19.8 Å². The van der Waals surface area contributed by atoms with E-state index in [1.807, 2.05) is 49.4 Å². The van der Waals surface area contributed by atoms with Gasteiger partial charge in [0.1, 0.15) is 5.75 Å². The van der Waals surface area contributed by atoms with Crippen molar-refractivity contribution in [3.05, 3.63) is 54.6 Å². The molecule has 27 heavy (non-hydrogen) atoms. The van der Waals surface area contributed by atoms with Crippen LogP contribution in [0.15, 0.2) is 64.1 Å². The second-order valence-electron chi connectivity index (χ2n) is 5.49. The third-order valence-corrected chi connectivity index (χ3v) is 4.62. The summed E-state index contributed by atoms with van der Waals surface area (Å²) < 4.78 is 11.7. The fourth-order valence-electron chi connectivity index (χ4n) is 2.40. The normalized spacial score (nSPS) is 10.6. The van der Waals surface area contributed by atoms with E-state index in [9.17, 15) is 9.90 Å². The van der Waals surface area contributed by atoms with E-state index in [0.29, 0.717) is 28.8 Å². The maximum absolute atomic E-state index is 12.2. The van der Waals surface area contributed by atoms with Gasteiger partial charge in [-0.15, -0.1) is 0 Å². The van der Waals surface area contributed by atoms with Gasteiger partial charge in [-0.05, 0) is 23.7 Å². The van der Waals surface area contributed by atoms with Crippen LogP contribution in [0.5, 0.6) is 11.7 Å². The molecule has 1 N–H and O–H groups in total. The Morgan fingerprint density at radius 1 is 1.22 bits per heavy atom. The zero-order chi connectivity index (χ0) is 19.1. The minimum atomic E-state index is -0.522. The lowest BCUT2D eigenvalue weighted by Crippen LogP contribution is -2.34. The Morgan fingerprint density at radius 2 is 1.96 bits per heavy atom. The van der Waals surface area contributed by atoms with E-state index >= 15 is 0 Å². The Kier molecular flexibility index (Phi) is 6.32. The van der Waals surface area contributed by atoms with Crippen molar-refractivity contribution in [3.63, 3.8) is 0 Å². The highest BCUT2D eigenvalue weighted by atomic mass is 32.2. The summed E-state index contributed by atoms with van der Waals surface area (Å²) in [7, 11) is 0. The topological polar surface area (TPSA) is 91.3 Å². The minimum Gasteiger partial charge on any atom is -0.538 e. The predicted molar refractivity (Wildman–Crippen MR) is 99.1 cm³/mol. The van der Waals surface area contributed by atoms with Gasteiger partial charge in [-0.3, -0.25) is 4.79 Å². The molecule has 0 aliphatic heterocycles. The summed E-state index contributed by atoms with van der Waals surface area (Å²) >= 11 is 1.23. The molecule has 0 unspecified atom stereocenters. The minimum absolute atomic E-state index is 0.162. The molecule has 0 aliphatic carbocycles. The number of carbonyl (C=O) groups excluding carboxylic acids is 1. The Bertz CT molecular complexity index is 899. The van der Waals surface area contributed by atoms with Crippen molar-refractivity contribution in [2.45, 2.75) is 18.4 Å². The summed E-state index contributed by atoms with van der Waals surface area (Å²) in [5, 5.41) is 18.9. The van der Waals surface area contributed by atoms with Gasteiger partial charge in [0, 0.05) is 24.3 Å². The van der Waals surface area contributed by atoms with Gasteiger partial charge >= 0.3 is 0 Å². The molecule has 140 valence electrons. The molecule has 1 heterocycles. The first-order valence-corrected chi connectivity index (χ1v) is 9.46. The van der Waals surface area contributed by atoms with Gasteiger partial charge in [-0.1, -0.05) is 42.1 Å². The van der Waals surface area contributed by atoms with Gasteiger partial charge in [0.2, 0.25) is 11.6 Å². The Hall–Kier alpha value is -3.00. The number of benzene rings is 2. The molecule has 0 radical (unpaired) electrons. The molecule has 3 rings (SSSR count). The molecule has 0 spiro atoms. The van der Waals surface area contributed by atoms with Crippen LogP contribution in [0.3, 0.4) is 0 Å². The average molecular weight is 385 g/mol. The third-order valence-electron chi connectivity index (χ3n) is 3.60. The molecule has 0 saturated heterocycles. The smallest absolute Gasteiger partial charge is 0.297 e. The van der Waals surface area contributed by atoms with Crippen molar-refractivity contribution in [2.24, 2.45) is 0 Å². The SMILES string of the molecule is CCOc1ccccc1NC(=O)CCSc1c([O-])on[n+]1-c1ccccc1. The number of rotatable bonds is 8. The van der Waals surface area contributed by atoms with E-state index < -0.39 is 5.95 Å². The second kappa shape index (κ2) is 9.09. The van der Waals surface area contributed by atoms with Gasteiger partial charge in [-0.25, -0.2) is 0 Å². The van der Waals surface area contributed by atoms with E-state index in [2.05, 4.69) is 10.6 Å². The number of hydrogen-bond donors (Lipinski definition) is 1. The van der Waals surface area contributed by atoms with E-state index in [-0.39, 0.29) is 12.3 Å². The number of para-hydroxylation sites is 3. The van der Waals surface area contributed by atoms with Gasteiger partial charge in [0.15, 0.2) is 5.95 Å². The maximum atomic E-state index is 12.2. The maximum Gasteiger partial charge on any atom is 0.297 e. The van der Waals surface area contributed by atoms with Crippen molar-refractivity contribution in [1.82, 2.24) is 5.27 Å². The molecule has 0 aliphatic rings. The van der Waals surface area contributed by atoms with Crippen molar-refractivity contribution >= 4 is 23.4 Å². The number of nitrogens with zero attached hydrogens (tertiary/aromatic N) is 2. The molecular weight excluding hydrogens is 366 g/mol. The highest BCUT2D eigenvalue weighted by molar-refractivity contribution is 7.99. The molecule has 2 aromatic carbocycles. The van der Waals surface area contributed by atoms with Crippen LogP contribution in [0.4, 0.5) is 5.69 Å². The van der Waals surface area contributed by atoms with E-state index in [0.717, 1.165) is 5.69 Å². The molecule has 0 atom stereocenters. The highest BCUT2D eigenvalue weighted by Crippen LogP contribution is 2.26. The number of nitrogens with one attached hydrogen (secondary N) is 1. The van der Waals surface area contributed by atoms with Crippen molar-refractivity contribution < 1.29 is 23.8 Å². The molecule has 1 aromatic heterocycles. The lowest BCUT2D eigenvalue weighted by atomic mass is 10.3. The van der Waals surface area contributed by atoms with Crippen LogP contribution in [0.2, 0.25) is 0 Å². The number of carbonyl (C=O) groups is 1. The summed E-state index contributed by atoms with van der Waals surface area (Å²) in [4.78, 5) is 12.2. The average Bonchev–Trinajstić information content (AvgIpc) is 3.05. The summed E-state index contributed by atoms with van der Waals surface area (Å²) in [6.07, 6.45) is 0.227. The number of thioether (sulfide) groups is 1. The van der Waals surface area contributed by atoms with Crippen molar-refractivity contribution in [3.8, 4) is 17.4 Å². The molecule has 3 aromatic rings. The lowest BCUT2D eigenvalue weighted by Gasteiger charge is -2.10. The number of anilines is 1. The van der Waals surface area contributed by atoms with Gasteiger partial charge in [0.05, 0.1) is 17.6 Å². The summed E-state index contributed by atoms with van der Waals surface area (Å²) in [6, 6.07) is 16.5. The second-order valence-corrected chi connectivity index (χ2v) is 6.57. The zero-order valence-corrected chi connectivity index (χ0v) is 15.6. The van der Waals surface area contributed by atoms with Crippen LogP contribution in [0.1, 0.15) is 13.3 Å². The molecule has 7 nitrogen and oxygen atoms in total. The van der Waals surface area contributed by atoms with Crippen LogP contribution in [-0.4, -0.2) is 23.5 Å². The quantitative estimate of drug-likeness (QED) is 0.473. The van der Waals surface area contributed by atoms with Crippen molar-refractivity contribution in [1.29, 1.82) is 0 Å². The van der Waals surface area contributed by atoms with Crippen molar-refractivity contribution in [2.75, 3.05) is 17.7 Å². The Balaban J connectivity index is 1.59. The first kappa shape index (κ1) is 18.8. The molecule has 8 heteroatoms. The molecule has 0 saturated carbocycles. The molecular formula is C19H19N3O4S. The zero-order valence-electron chi connectivity index (χ0n) is 14.8. The van der Waals surface area contributed by atoms with Crippen LogP contribution >= 0.6 is 11.8 Å². The predicted octanol–water partition coefficient (Wildman–Crippen LogP) is 2.54. The first-order valence-electron chi connectivity index (χ1n) is 8.48. The molecule has 1 amide bonds. The lowest BCUT2D eigenvalue weighted by molar-refractivity contribution is -0.705. The van der Waals surface area contributed by atoms with Crippen LogP contribution in [0, 0.1) is 0 Å². The van der Waals surface area contributed by atoms with Gasteiger partial charge in [-0.2, -0.15) is 0 Å². The standard InChI is InChI=1S/C19H19N3O4S/c1-2-25-16-11-7-6-10-15(16)20-17(23)12-13-27-18-19(24)26-21-22(18)14-8-4-3-5-9-14/h3-11H,2,12-13H2,1H3,(H-,20,21,23,24). The fraction of sp³-hybridized carbons (Fsp3) is 0.211.